The lowest BCUT2D eigenvalue weighted by Gasteiger charge is -2.39. The lowest BCUT2D eigenvalue weighted by Crippen LogP contribution is -2.50. The predicted molar refractivity (Wildman–Crippen MR) is 84.5 cm³/mol. The third-order valence-electron chi connectivity index (χ3n) is 4.48. The van der Waals surface area contributed by atoms with Gasteiger partial charge in [-0.15, -0.1) is 0 Å². The minimum atomic E-state index is -0.563. The number of hydrogen-bond donors (Lipinski definition) is 3. The van der Waals surface area contributed by atoms with Crippen molar-refractivity contribution in [2.75, 3.05) is 6.54 Å². The normalized spacial score (nSPS) is 26.2. The van der Waals surface area contributed by atoms with Crippen molar-refractivity contribution in [1.82, 2.24) is 10.6 Å². The van der Waals surface area contributed by atoms with Crippen molar-refractivity contribution in [2.45, 2.75) is 66.0 Å². The Morgan fingerprint density at radius 1 is 1.33 bits per heavy atom. The molecule has 0 aromatic heterocycles. The van der Waals surface area contributed by atoms with Gasteiger partial charge in [0.1, 0.15) is 0 Å². The van der Waals surface area contributed by atoms with Crippen molar-refractivity contribution >= 4 is 11.8 Å². The van der Waals surface area contributed by atoms with E-state index in [0.29, 0.717) is 11.3 Å². The largest absolute Gasteiger partial charge is 0.352 e. The van der Waals surface area contributed by atoms with Crippen molar-refractivity contribution in [2.24, 2.45) is 23.0 Å². The summed E-state index contributed by atoms with van der Waals surface area (Å²) >= 11 is 0. The molecule has 4 N–H and O–H groups in total. The first-order valence-electron chi connectivity index (χ1n) is 7.95. The average molecular weight is 297 g/mol. The summed E-state index contributed by atoms with van der Waals surface area (Å²) in [5.74, 6) is 0.133. The number of nitrogens with one attached hydrogen (secondary N) is 2. The second-order valence-corrected chi connectivity index (χ2v) is 7.55. The van der Waals surface area contributed by atoms with E-state index in [1.165, 1.54) is 0 Å². The van der Waals surface area contributed by atoms with Gasteiger partial charge < -0.3 is 16.4 Å². The van der Waals surface area contributed by atoms with Crippen LogP contribution in [0, 0.1) is 17.3 Å². The Morgan fingerprint density at radius 3 is 2.48 bits per heavy atom. The molecule has 5 nitrogen and oxygen atoms in total. The van der Waals surface area contributed by atoms with E-state index >= 15 is 0 Å². The number of carbonyl (C=O) groups excluding carboxylic acids is 2. The van der Waals surface area contributed by atoms with E-state index in [4.69, 9.17) is 5.73 Å². The highest BCUT2D eigenvalue weighted by molar-refractivity contribution is 5.87. The summed E-state index contributed by atoms with van der Waals surface area (Å²) in [5.41, 5.74) is 6.10. The maximum Gasteiger partial charge on any atom is 0.239 e. The van der Waals surface area contributed by atoms with Crippen molar-refractivity contribution in [3.05, 3.63) is 0 Å². The monoisotopic (exact) mass is 297 g/mol. The van der Waals surface area contributed by atoms with Gasteiger partial charge in [-0.1, -0.05) is 34.6 Å². The van der Waals surface area contributed by atoms with E-state index in [9.17, 15) is 9.59 Å². The molecule has 1 aliphatic carbocycles. The van der Waals surface area contributed by atoms with Crippen LogP contribution in [0.25, 0.3) is 0 Å². The first kappa shape index (κ1) is 18.0. The number of rotatable bonds is 5. The van der Waals surface area contributed by atoms with E-state index in [1.807, 2.05) is 13.8 Å². The first-order valence-corrected chi connectivity index (χ1v) is 7.95. The molecule has 0 radical (unpaired) electrons. The van der Waals surface area contributed by atoms with Gasteiger partial charge in [-0.05, 0) is 36.5 Å². The predicted octanol–water partition coefficient (Wildman–Crippen LogP) is 1.42. The highest BCUT2D eigenvalue weighted by Crippen LogP contribution is 2.38. The van der Waals surface area contributed by atoms with Gasteiger partial charge in [-0.3, -0.25) is 9.59 Å². The van der Waals surface area contributed by atoms with Crippen LogP contribution in [0.1, 0.15) is 53.9 Å². The van der Waals surface area contributed by atoms with Crippen LogP contribution in [0.3, 0.4) is 0 Å². The van der Waals surface area contributed by atoms with E-state index < -0.39 is 6.04 Å². The van der Waals surface area contributed by atoms with Gasteiger partial charge >= 0.3 is 0 Å². The summed E-state index contributed by atoms with van der Waals surface area (Å²) in [6.45, 7) is 10.5. The summed E-state index contributed by atoms with van der Waals surface area (Å²) in [6.07, 6.45) is 3.23. The van der Waals surface area contributed by atoms with Gasteiger partial charge in [-0.25, -0.2) is 0 Å². The first-order chi connectivity index (χ1) is 9.62. The maximum absolute atomic E-state index is 11.9. The summed E-state index contributed by atoms with van der Waals surface area (Å²) in [5, 5.41) is 5.64. The molecule has 0 saturated heterocycles. The molecule has 1 rings (SSSR count). The highest BCUT2D eigenvalue weighted by atomic mass is 16.2. The fraction of sp³-hybridized carbons (Fsp3) is 0.875. The lowest BCUT2D eigenvalue weighted by atomic mass is 9.70. The van der Waals surface area contributed by atoms with Crippen LogP contribution < -0.4 is 16.4 Å². The third-order valence-corrected chi connectivity index (χ3v) is 4.48. The molecule has 0 aromatic rings. The minimum absolute atomic E-state index is 0.00582. The van der Waals surface area contributed by atoms with Gasteiger partial charge in [0, 0.05) is 6.04 Å². The molecule has 0 aliphatic heterocycles. The van der Waals surface area contributed by atoms with Crippen molar-refractivity contribution in [1.29, 1.82) is 0 Å². The Labute approximate surface area is 128 Å². The van der Waals surface area contributed by atoms with Crippen molar-refractivity contribution in [3.8, 4) is 0 Å². The molecule has 3 atom stereocenters. The molecule has 2 amide bonds. The average Bonchev–Trinajstić information content (AvgIpc) is 2.37. The smallest absolute Gasteiger partial charge is 0.239 e. The van der Waals surface area contributed by atoms with Crippen LogP contribution in [0.5, 0.6) is 0 Å². The van der Waals surface area contributed by atoms with E-state index in [-0.39, 0.29) is 30.3 Å². The lowest BCUT2D eigenvalue weighted by molar-refractivity contribution is -0.128. The molecular formula is C16H31N3O2. The molecule has 0 spiro atoms. The number of amides is 2. The Bertz CT molecular complexity index is 380. The van der Waals surface area contributed by atoms with Crippen LogP contribution in [0.4, 0.5) is 0 Å². The summed E-state index contributed by atoms with van der Waals surface area (Å²) in [4.78, 5) is 23.7. The SMILES string of the molecule is CC1CC(C)(C)CCC1NC(=O)CNC(=O)[C@@H](N)C(C)C. The maximum atomic E-state index is 11.9. The van der Waals surface area contributed by atoms with Crippen LogP contribution in [-0.4, -0.2) is 30.4 Å². The number of nitrogens with two attached hydrogens (primary N) is 1. The number of hydrogen-bond acceptors (Lipinski definition) is 3. The summed E-state index contributed by atoms with van der Waals surface area (Å²) in [7, 11) is 0. The van der Waals surface area contributed by atoms with Crippen molar-refractivity contribution < 1.29 is 9.59 Å². The van der Waals surface area contributed by atoms with E-state index in [2.05, 4.69) is 31.4 Å². The van der Waals surface area contributed by atoms with Crippen LogP contribution in [-0.2, 0) is 9.59 Å². The standard InChI is InChI=1S/C16H31N3O2/c1-10(2)14(17)15(21)18-9-13(20)19-12-6-7-16(4,5)8-11(12)3/h10-12,14H,6-9,17H2,1-5H3,(H,18,21)(H,19,20)/t11?,12?,14-/m0/s1. The Balaban J connectivity index is 2.36. The summed E-state index contributed by atoms with van der Waals surface area (Å²) < 4.78 is 0. The zero-order valence-corrected chi connectivity index (χ0v) is 14.0. The molecule has 21 heavy (non-hydrogen) atoms. The zero-order chi connectivity index (χ0) is 16.2. The highest BCUT2D eigenvalue weighted by Gasteiger charge is 2.33. The molecule has 1 saturated carbocycles. The van der Waals surface area contributed by atoms with Gasteiger partial charge in [0.25, 0.3) is 0 Å². The molecule has 0 aromatic carbocycles. The third kappa shape index (κ3) is 5.65. The zero-order valence-electron chi connectivity index (χ0n) is 14.0. The molecule has 5 heteroatoms. The number of carbonyl (C=O) groups is 2. The fourth-order valence-electron chi connectivity index (χ4n) is 3.01. The Morgan fingerprint density at radius 2 is 1.95 bits per heavy atom. The van der Waals surface area contributed by atoms with Gasteiger partial charge in [0.05, 0.1) is 12.6 Å². The molecular weight excluding hydrogens is 266 g/mol. The fourth-order valence-corrected chi connectivity index (χ4v) is 3.01. The van der Waals surface area contributed by atoms with Crippen LogP contribution in [0.2, 0.25) is 0 Å². The van der Waals surface area contributed by atoms with E-state index in [0.717, 1.165) is 19.3 Å². The van der Waals surface area contributed by atoms with Crippen LogP contribution in [0.15, 0.2) is 0 Å². The quantitative estimate of drug-likeness (QED) is 0.717. The molecule has 122 valence electrons. The van der Waals surface area contributed by atoms with Crippen LogP contribution >= 0.6 is 0 Å². The topological polar surface area (TPSA) is 84.2 Å². The summed E-state index contributed by atoms with van der Waals surface area (Å²) in [6, 6.07) is -0.353. The molecule has 1 fully saturated rings. The van der Waals surface area contributed by atoms with E-state index in [1.54, 1.807) is 0 Å². The van der Waals surface area contributed by atoms with Gasteiger partial charge in [0.2, 0.25) is 11.8 Å². The van der Waals surface area contributed by atoms with Gasteiger partial charge in [-0.2, -0.15) is 0 Å². The minimum Gasteiger partial charge on any atom is -0.352 e. The molecule has 1 aliphatic rings. The second-order valence-electron chi connectivity index (χ2n) is 7.55. The van der Waals surface area contributed by atoms with Crippen molar-refractivity contribution in [3.63, 3.8) is 0 Å². The molecule has 2 unspecified atom stereocenters. The second kappa shape index (κ2) is 7.25. The Kier molecular flexibility index (Phi) is 6.20. The molecule has 0 heterocycles. The Hall–Kier alpha value is -1.10. The van der Waals surface area contributed by atoms with Gasteiger partial charge in [0.15, 0.2) is 0 Å². The molecule has 0 bridgehead atoms.